The van der Waals surface area contributed by atoms with Gasteiger partial charge in [0.05, 0.1) is 23.0 Å². The number of nitrogens with two attached hydrogens (primary N) is 2. The number of hydrogen-bond acceptors (Lipinski definition) is 4. The number of anilines is 1. The molecule has 0 bridgehead atoms. The maximum atomic E-state index is 12.1. The van der Waals surface area contributed by atoms with E-state index in [1.165, 1.54) is 6.20 Å². The Morgan fingerprint density at radius 1 is 1.31 bits per heavy atom. The SMILES string of the molecule is CC1(C)[C@H](Nc2c(C(N)=O)cnn3cc(-c4ccccc4Cl)cc23)CC[C@]1(C)N. The highest BCUT2D eigenvalue weighted by molar-refractivity contribution is 6.33. The zero-order valence-electron chi connectivity index (χ0n) is 16.9. The first-order chi connectivity index (χ1) is 13.6. The molecular weight excluding hydrogens is 386 g/mol. The summed E-state index contributed by atoms with van der Waals surface area (Å²) in [6, 6.07) is 9.72. The van der Waals surface area contributed by atoms with Gasteiger partial charge in [0.15, 0.2) is 0 Å². The molecule has 1 aromatic carbocycles. The van der Waals surface area contributed by atoms with E-state index >= 15 is 0 Å². The number of nitrogens with one attached hydrogen (secondary N) is 1. The number of nitrogens with zero attached hydrogens (tertiary/aromatic N) is 2. The van der Waals surface area contributed by atoms with Crippen LogP contribution in [0.3, 0.4) is 0 Å². The molecule has 0 saturated heterocycles. The van der Waals surface area contributed by atoms with Crippen LogP contribution in [0.15, 0.2) is 42.7 Å². The molecule has 1 aliphatic carbocycles. The molecule has 0 spiro atoms. The summed E-state index contributed by atoms with van der Waals surface area (Å²) < 4.78 is 1.75. The highest BCUT2D eigenvalue weighted by Crippen LogP contribution is 2.46. The third kappa shape index (κ3) is 3.16. The normalized spacial score (nSPS) is 23.4. The number of halogens is 1. The first kappa shape index (κ1) is 19.7. The molecule has 1 saturated carbocycles. The molecule has 6 nitrogen and oxygen atoms in total. The van der Waals surface area contributed by atoms with Crippen molar-refractivity contribution < 1.29 is 4.79 Å². The number of hydrogen-bond donors (Lipinski definition) is 3. The maximum Gasteiger partial charge on any atom is 0.252 e. The minimum absolute atomic E-state index is 0.0977. The lowest BCUT2D eigenvalue weighted by atomic mass is 9.75. The third-order valence-corrected chi connectivity index (χ3v) is 7.03. The van der Waals surface area contributed by atoms with Gasteiger partial charge in [-0.15, -0.1) is 0 Å². The van der Waals surface area contributed by atoms with Crippen LogP contribution in [0.2, 0.25) is 5.02 Å². The molecule has 3 aromatic rings. The number of carbonyl (C=O) groups excluding carboxylic acids is 1. The average Bonchev–Trinajstić information content (AvgIpc) is 3.16. The van der Waals surface area contributed by atoms with Crippen molar-refractivity contribution in [3.05, 3.63) is 53.3 Å². The van der Waals surface area contributed by atoms with E-state index in [9.17, 15) is 4.79 Å². The third-order valence-electron chi connectivity index (χ3n) is 6.70. The number of rotatable bonds is 4. The van der Waals surface area contributed by atoms with Crippen molar-refractivity contribution in [2.45, 2.75) is 45.2 Å². The molecule has 1 fully saturated rings. The summed E-state index contributed by atoms with van der Waals surface area (Å²) in [5.74, 6) is -0.519. The molecule has 0 radical (unpaired) electrons. The molecule has 1 amide bonds. The van der Waals surface area contributed by atoms with E-state index in [0.29, 0.717) is 16.3 Å². The molecule has 2 atom stereocenters. The lowest BCUT2D eigenvalue weighted by molar-refractivity contribution is 0.100. The smallest absolute Gasteiger partial charge is 0.252 e. The predicted octanol–water partition coefficient (Wildman–Crippen LogP) is 4.07. The number of benzene rings is 1. The van der Waals surface area contributed by atoms with Gasteiger partial charge < -0.3 is 16.8 Å². The molecular formula is C22H26ClN5O. The Morgan fingerprint density at radius 3 is 2.66 bits per heavy atom. The molecule has 0 unspecified atom stereocenters. The van der Waals surface area contributed by atoms with Gasteiger partial charge in [0.2, 0.25) is 0 Å². The highest BCUT2D eigenvalue weighted by atomic mass is 35.5. The number of carbonyl (C=O) groups is 1. The fourth-order valence-corrected chi connectivity index (χ4v) is 4.43. The Hall–Kier alpha value is -2.57. The lowest BCUT2D eigenvalue weighted by Crippen LogP contribution is -2.51. The number of aromatic nitrogens is 2. The number of amides is 1. The van der Waals surface area contributed by atoms with Crippen LogP contribution in [-0.4, -0.2) is 27.1 Å². The first-order valence-corrected chi connectivity index (χ1v) is 10.1. The summed E-state index contributed by atoms with van der Waals surface area (Å²) in [4.78, 5) is 12.1. The molecule has 7 heteroatoms. The Morgan fingerprint density at radius 2 is 2.03 bits per heavy atom. The van der Waals surface area contributed by atoms with Crippen molar-refractivity contribution in [2.75, 3.05) is 5.32 Å². The monoisotopic (exact) mass is 411 g/mol. The second-order valence-electron chi connectivity index (χ2n) is 8.71. The van der Waals surface area contributed by atoms with Gasteiger partial charge in [0.25, 0.3) is 5.91 Å². The Bertz CT molecular complexity index is 1100. The van der Waals surface area contributed by atoms with Gasteiger partial charge in [-0.2, -0.15) is 5.10 Å². The quantitative estimate of drug-likeness (QED) is 0.602. The zero-order chi connectivity index (χ0) is 21.0. The summed E-state index contributed by atoms with van der Waals surface area (Å²) >= 11 is 6.38. The standard InChI is InChI=1S/C22H26ClN5O/c1-21(2)18(8-9-22(21,3)25)27-19-15(20(24)29)11-26-28-12-13(10-17(19)28)14-6-4-5-7-16(14)23/h4-7,10-12,18,27H,8-9,25H2,1-3H3,(H2,24,29)/t18-,22+/m1/s1. The van der Waals surface area contributed by atoms with Crippen molar-refractivity contribution in [2.24, 2.45) is 16.9 Å². The van der Waals surface area contributed by atoms with Crippen LogP contribution in [0.1, 0.15) is 44.0 Å². The van der Waals surface area contributed by atoms with Crippen LogP contribution in [0.5, 0.6) is 0 Å². The van der Waals surface area contributed by atoms with Crippen LogP contribution < -0.4 is 16.8 Å². The first-order valence-electron chi connectivity index (χ1n) is 9.73. The van der Waals surface area contributed by atoms with E-state index in [2.05, 4.69) is 31.2 Å². The molecule has 1 aliphatic rings. The molecule has 5 N–H and O–H groups in total. The highest BCUT2D eigenvalue weighted by Gasteiger charge is 2.49. The number of fused-ring (bicyclic) bond motifs is 1. The van der Waals surface area contributed by atoms with Crippen LogP contribution in [0, 0.1) is 5.41 Å². The summed E-state index contributed by atoms with van der Waals surface area (Å²) in [5.41, 5.74) is 15.4. The summed E-state index contributed by atoms with van der Waals surface area (Å²) in [5, 5.41) is 8.63. The summed E-state index contributed by atoms with van der Waals surface area (Å²) in [6.45, 7) is 6.40. The molecule has 0 aliphatic heterocycles. The molecule has 2 aromatic heterocycles. The van der Waals surface area contributed by atoms with Gasteiger partial charge in [-0.1, -0.05) is 43.6 Å². The van der Waals surface area contributed by atoms with Crippen LogP contribution >= 0.6 is 11.6 Å². The number of primary amides is 1. The Balaban J connectivity index is 1.84. The van der Waals surface area contributed by atoms with Crippen LogP contribution in [-0.2, 0) is 0 Å². The largest absolute Gasteiger partial charge is 0.379 e. The maximum absolute atomic E-state index is 12.1. The van der Waals surface area contributed by atoms with Crippen LogP contribution in [0.25, 0.3) is 16.6 Å². The predicted molar refractivity (Wildman–Crippen MR) is 117 cm³/mol. The second kappa shape index (κ2) is 6.75. The van der Waals surface area contributed by atoms with Crippen LogP contribution in [0.4, 0.5) is 5.69 Å². The fourth-order valence-electron chi connectivity index (χ4n) is 4.19. The molecule has 152 valence electrons. The summed E-state index contributed by atoms with van der Waals surface area (Å²) in [7, 11) is 0. The molecule has 29 heavy (non-hydrogen) atoms. The zero-order valence-corrected chi connectivity index (χ0v) is 17.6. The van der Waals surface area contributed by atoms with E-state index in [1.54, 1.807) is 4.52 Å². The Labute approximate surface area is 175 Å². The van der Waals surface area contributed by atoms with Crippen molar-refractivity contribution in [1.82, 2.24) is 9.61 Å². The van der Waals surface area contributed by atoms with Crippen molar-refractivity contribution in [1.29, 1.82) is 0 Å². The van der Waals surface area contributed by atoms with Gasteiger partial charge in [-0.05, 0) is 31.9 Å². The Kier molecular flexibility index (Phi) is 4.59. The average molecular weight is 412 g/mol. The van der Waals surface area contributed by atoms with E-state index in [-0.39, 0.29) is 17.0 Å². The van der Waals surface area contributed by atoms with Crippen molar-refractivity contribution in [3.63, 3.8) is 0 Å². The van der Waals surface area contributed by atoms with Crippen molar-refractivity contribution in [3.8, 4) is 11.1 Å². The molecule has 2 heterocycles. The summed E-state index contributed by atoms with van der Waals surface area (Å²) in [6.07, 6.45) is 5.22. The minimum atomic E-state index is -0.519. The van der Waals surface area contributed by atoms with E-state index in [0.717, 1.165) is 29.5 Å². The lowest BCUT2D eigenvalue weighted by Gasteiger charge is -2.39. The van der Waals surface area contributed by atoms with E-state index in [4.69, 9.17) is 23.1 Å². The topological polar surface area (TPSA) is 98.4 Å². The van der Waals surface area contributed by atoms with E-state index in [1.807, 2.05) is 36.5 Å². The molecule has 4 rings (SSSR count). The fraction of sp³-hybridized carbons (Fsp3) is 0.364. The van der Waals surface area contributed by atoms with Crippen molar-refractivity contribution >= 4 is 28.7 Å². The van der Waals surface area contributed by atoms with Gasteiger partial charge in [0.1, 0.15) is 0 Å². The van der Waals surface area contributed by atoms with E-state index < -0.39 is 5.91 Å². The second-order valence-corrected chi connectivity index (χ2v) is 9.12. The van der Waals surface area contributed by atoms with Gasteiger partial charge >= 0.3 is 0 Å². The van der Waals surface area contributed by atoms with Gasteiger partial charge in [-0.25, -0.2) is 4.52 Å². The minimum Gasteiger partial charge on any atom is -0.379 e. The van der Waals surface area contributed by atoms with Gasteiger partial charge in [-0.3, -0.25) is 4.79 Å². The van der Waals surface area contributed by atoms with Gasteiger partial charge in [0, 0.05) is 39.3 Å².